The first-order chi connectivity index (χ1) is 12.6. The van der Waals surface area contributed by atoms with E-state index < -0.39 is 0 Å². The summed E-state index contributed by atoms with van der Waals surface area (Å²) in [6.45, 7) is 7.33. The number of aryl methyl sites for hydroxylation is 1. The van der Waals surface area contributed by atoms with Crippen LogP contribution in [0.25, 0.3) is 0 Å². The molecular weight excluding hydrogens is 473 g/mol. The van der Waals surface area contributed by atoms with Crippen LogP contribution >= 0.6 is 35.3 Å². The molecule has 0 aliphatic rings. The molecule has 27 heavy (non-hydrogen) atoms. The van der Waals surface area contributed by atoms with Crippen molar-refractivity contribution in [2.75, 3.05) is 21.3 Å². The largest absolute Gasteiger partial charge is 0.493 e. The van der Waals surface area contributed by atoms with Gasteiger partial charge in [0.15, 0.2) is 17.5 Å². The fourth-order valence-corrected chi connectivity index (χ4v) is 3.52. The molecule has 2 N–H and O–H groups in total. The van der Waals surface area contributed by atoms with Crippen LogP contribution in [0.4, 0.5) is 0 Å². The maximum Gasteiger partial charge on any atom is 0.191 e. The first-order valence-electron chi connectivity index (χ1n) is 8.45. The molecule has 0 saturated carbocycles. The molecule has 7 heteroatoms. The number of methoxy groups -OCH3 is 2. The zero-order valence-electron chi connectivity index (χ0n) is 16.3. The quantitative estimate of drug-likeness (QED) is 0.245. The summed E-state index contributed by atoms with van der Waals surface area (Å²) in [5.41, 5.74) is 3.44. The van der Waals surface area contributed by atoms with Crippen LogP contribution < -0.4 is 20.1 Å². The molecule has 0 bridgehead atoms. The smallest absolute Gasteiger partial charge is 0.191 e. The summed E-state index contributed by atoms with van der Waals surface area (Å²) in [5, 5.41) is 8.80. The van der Waals surface area contributed by atoms with Crippen molar-refractivity contribution < 1.29 is 9.47 Å². The van der Waals surface area contributed by atoms with Crippen LogP contribution in [0.15, 0.2) is 41.2 Å². The number of nitrogens with zero attached hydrogens (tertiary/aromatic N) is 1. The second-order valence-electron chi connectivity index (χ2n) is 5.79. The van der Waals surface area contributed by atoms with Crippen LogP contribution in [0, 0.1) is 6.92 Å². The van der Waals surface area contributed by atoms with Gasteiger partial charge in [0, 0.05) is 24.0 Å². The second kappa shape index (κ2) is 11.9. The molecule has 0 aliphatic heterocycles. The Morgan fingerprint density at radius 1 is 1.22 bits per heavy atom. The van der Waals surface area contributed by atoms with Crippen LogP contribution in [-0.4, -0.2) is 27.2 Å². The number of guanidine groups is 1. The monoisotopic (exact) mass is 501 g/mol. The summed E-state index contributed by atoms with van der Waals surface area (Å²) >= 11 is 1.75. The number of hydrogen-bond acceptors (Lipinski definition) is 4. The van der Waals surface area contributed by atoms with Crippen molar-refractivity contribution in [3.8, 4) is 11.5 Å². The zero-order chi connectivity index (χ0) is 18.9. The van der Waals surface area contributed by atoms with Gasteiger partial charge in [0.2, 0.25) is 0 Å². The molecule has 0 amide bonds. The summed E-state index contributed by atoms with van der Waals surface area (Å²) < 4.78 is 11.0. The predicted molar refractivity (Wildman–Crippen MR) is 125 cm³/mol. The minimum atomic E-state index is 0. The summed E-state index contributed by atoms with van der Waals surface area (Å²) in [7, 11) is 5.08. The number of benzene rings is 1. The average molecular weight is 501 g/mol. The highest BCUT2D eigenvalue weighted by atomic mass is 127. The third-order valence-corrected chi connectivity index (χ3v) is 5.07. The molecule has 1 aromatic carbocycles. The number of nitrogens with one attached hydrogen (secondary N) is 2. The molecule has 5 nitrogen and oxygen atoms in total. The first-order valence-corrected chi connectivity index (χ1v) is 9.33. The van der Waals surface area contributed by atoms with Gasteiger partial charge in [-0.25, -0.2) is 0 Å². The number of thiophene rings is 1. The van der Waals surface area contributed by atoms with E-state index in [1.54, 1.807) is 32.6 Å². The standard InChI is InChI=1S/C20H27N3O2S.HI/c1-6-7-16-10-15(11-17(24-4)19(16)25-5)12-22-20(21-3)23-13-18-14(2)8-9-26-18;/h6,8-11H,1,7,12-13H2,2-5H3,(H2,21,22,23);1H. The van der Waals surface area contributed by atoms with E-state index in [1.165, 1.54) is 10.4 Å². The van der Waals surface area contributed by atoms with Crippen molar-refractivity contribution in [2.45, 2.75) is 26.4 Å². The Labute approximate surface area is 182 Å². The topological polar surface area (TPSA) is 54.9 Å². The Hall–Kier alpha value is -1.74. The molecule has 2 aromatic rings. The zero-order valence-corrected chi connectivity index (χ0v) is 19.4. The third kappa shape index (κ3) is 6.42. The minimum absolute atomic E-state index is 0. The van der Waals surface area contributed by atoms with Gasteiger partial charge in [-0.05, 0) is 48.1 Å². The van der Waals surface area contributed by atoms with Gasteiger partial charge in [-0.1, -0.05) is 6.08 Å². The van der Waals surface area contributed by atoms with Gasteiger partial charge in [-0.3, -0.25) is 4.99 Å². The lowest BCUT2D eigenvalue weighted by atomic mass is 10.1. The average Bonchev–Trinajstić information content (AvgIpc) is 3.06. The molecule has 0 saturated heterocycles. The second-order valence-corrected chi connectivity index (χ2v) is 6.79. The lowest BCUT2D eigenvalue weighted by Gasteiger charge is -2.16. The van der Waals surface area contributed by atoms with Gasteiger partial charge in [0.25, 0.3) is 0 Å². The van der Waals surface area contributed by atoms with E-state index in [4.69, 9.17) is 9.47 Å². The molecule has 1 aromatic heterocycles. The number of ether oxygens (including phenoxy) is 2. The molecule has 0 unspecified atom stereocenters. The third-order valence-electron chi connectivity index (χ3n) is 4.05. The Kier molecular flexibility index (Phi) is 10.2. The van der Waals surface area contributed by atoms with Crippen LogP contribution in [0.3, 0.4) is 0 Å². The molecule has 0 aliphatic carbocycles. The molecule has 148 valence electrons. The van der Waals surface area contributed by atoms with E-state index in [0.29, 0.717) is 6.54 Å². The van der Waals surface area contributed by atoms with Crippen LogP contribution in [0.1, 0.15) is 21.6 Å². The van der Waals surface area contributed by atoms with E-state index in [2.05, 4.69) is 46.6 Å². The molecule has 0 fully saturated rings. The highest BCUT2D eigenvalue weighted by Crippen LogP contribution is 2.33. The van der Waals surface area contributed by atoms with E-state index in [1.807, 2.05) is 12.1 Å². The van der Waals surface area contributed by atoms with E-state index >= 15 is 0 Å². The van der Waals surface area contributed by atoms with Gasteiger partial charge in [0.1, 0.15) is 0 Å². The molecule has 0 spiro atoms. The summed E-state index contributed by atoms with van der Waals surface area (Å²) in [6.07, 6.45) is 2.58. The van der Waals surface area contributed by atoms with Crippen LogP contribution in [0.5, 0.6) is 11.5 Å². The lowest BCUT2D eigenvalue weighted by molar-refractivity contribution is 0.352. The highest BCUT2D eigenvalue weighted by Gasteiger charge is 2.12. The Balaban J connectivity index is 0.00000364. The first kappa shape index (κ1) is 23.3. The van der Waals surface area contributed by atoms with Crippen LogP contribution in [0.2, 0.25) is 0 Å². The van der Waals surface area contributed by atoms with Gasteiger partial charge >= 0.3 is 0 Å². The maximum atomic E-state index is 5.48. The van der Waals surface area contributed by atoms with E-state index in [9.17, 15) is 0 Å². The summed E-state index contributed by atoms with van der Waals surface area (Å²) in [6, 6.07) is 6.21. The fourth-order valence-electron chi connectivity index (χ4n) is 2.67. The van der Waals surface area contributed by atoms with Crippen molar-refractivity contribution in [1.29, 1.82) is 0 Å². The van der Waals surface area contributed by atoms with Crippen molar-refractivity contribution in [3.05, 3.63) is 57.8 Å². The van der Waals surface area contributed by atoms with Gasteiger partial charge in [-0.15, -0.1) is 41.9 Å². The van der Waals surface area contributed by atoms with Crippen molar-refractivity contribution in [3.63, 3.8) is 0 Å². The van der Waals surface area contributed by atoms with Crippen molar-refractivity contribution in [1.82, 2.24) is 10.6 Å². The molecule has 0 radical (unpaired) electrons. The number of halogens is 1. The number of aliphatic imine (C=N–C) groups is 1. The fraction of sp³-hybridized carbons (Fsp3) is 0.350. The molecule has 2 rings (SSSR count). The molecule has 0 atom stereocenters. The summed E-state index contributed by atoms with van der Waals surface area (Å²) in [4.78, 5) is 5.61. The number of hydrogen-bond donors (Lipinski definition) is 2. The molecule has 1 heterocycles. The number of allylic oxidation sites excluding steroid dienone is 1. The van der Waals surface area contributed by atoms with Gasteiger partial charge < -0.3 is 20.1 Å². The lowest BCUT2D eigenvalue weighted by Crippen LogP contribution is -2.36. The Morgan fingerprint density at radius 2 is 1.96 bits per heavy atom. The number of rotatable bonds is 8. The van der Waals surface area contributed by atoms with Crippen LogP contribution in [-0.2, 0) is 19.5 Å². The van der Waals surface area contributed by atoms with E-state index in [0.717, 1.165) is 41.6 Å². The Bertz CT molecular complexity index is 775. The van der Waals surface area contributed by atoms with Gasteiger partial charge in [-0.2, -0.15) is 0 Å². The maximum absolute atomic E-state index is 5.48. The van der Waals surface area contributed by atoms with E-state index in [-0.39, 0.29) is 24.0 Å². The van der Waals surface area contributed by atoms with Crippen molar-refractivity contribution in [2.24, 2.45) is 4.99 Å². The predicted octanol–water partition coefficient (Wildman–Crippen LogP) is 4.29. The van der Waals surface area contributed by atoms with Gasteiger partial charge in [0.05, 0.1) is 20.8 Å². The molecular formula is C20H28IN3O2S. The normalized spacial score (nSPS) is 10.7. The summed E-state index contributed by atoms with van der Waals surface area (Å²) in [5.74, 6) is 2.24. The van der Waals surface area contributed by atoms with Crippen molar-refractivity contribution >= 4 is 41.3 Å². The SMILES string of the molecule is C=CCc1cc(CNC(=NC)NCc2sccc2C)cc(OC)c1OC.I. The highest BCUT2D eigenvalue weighted by molar-refractivity contribution is 14.0. The minimum Gasteiger partial charge on any atom is -0.493 e. The Morgan fingerprint density at radius 3 is 2.52 bits per heavy atom.